The molecule has 6 heteroatoms. The fourth-order valence-corrected chi connectivity index (χ4v) is 3.15. The van der Waals surface area contributed by atoms with Gasteiger partial charge in [-0.3, -0.25) is 4.79 Å². The van der Waals surface area contributed by atoms with Crippen molar-refractivity contribution >= 4 is 5.91 Å². The SMILES string of the molecule is Cc1cn2c(n1)CCC(NC(=O)C1COc3ccccc3O1)C2. The first kappa shape index (κ1) is 14.1. The van der Waals surface area contributed by atoms with Crippen molar-refractivity contribution in [3.8, 4) is 11.5 Å². The lowest BCUT2D eigenvalue weighted by Crippen LogP contribution is -2.49. The van der Waals surface area contributed by atoms with Crippen molar-refractivity contribution in [1.82, 2.24) is 14.9 Å². The fourth-order valence-electron chi connectivity index (χ4n) is 3.15. The molecule has 6 nitrogen and oxygen atoms in total. The summed E-state index contributed by atoms with van der Waals surface area (Å²) in [5.41, 5.74) is 1.02. The first-order chi connectivity index (χ1) is 11.2. The second kappa shape index (κ2) is 5.61. The number of aryl methyl sites for hydroxylation is 2. The smallest absolute Gasteiger partial charge is 0.264 e. The molecule has 0 fully saturated rings. The van der Waals surface area contributed by atoms with Gasteiger partial charge in [-0.05, 0) is 25.5 Å². The van der Waals surface area contributed by atoms with Crippen LogP contribution >= 0.6 is 0 Å². The number of aromatic nitrogens is 2. The van der Waals surface area contributed by atoms with Crippen molar-refractivity contribution in [3.05, 3.63) is 42.0 Å². The van der Waals surface area contributed by atoms with Crippen LogP contribution in [0.1, 0.15) is 17.9 Å². The standard InChI is InChI=1S/C17H19N3O3/c1-11-8-20-9-12(6-7-16(20)18-11)19-17(21)15-10-22-13-4-2-3-5-14(13)23-15/h2-5,8,12,15H,6-7,9-10H2,1H3,(H,19,21). The summed E-state index contributed by atoms with van der Waals surface area (Å²) in [5.74, 6) is 2.28. The molecule has 0 bridgehead atoms. The summed E-state index contributed by atoms with van der Waals surface area (Å²) in [6, 6.07) is 7.51. The maximum atomic E-state index is 12.5. The molecule has 23 heavy (non-hydrogen) atoms. The molecular weight excluding hydrogens is 294 g/mol. The lowest BCUT2D eigenvalue weighted by molar-refractivity contribution is -0.131. The number of hydrogen-bond donors (Lipinski definition) is 1. The third-order valence-corrected chi connectivity index (χ3v) is 4.26. The zero-order valence-corrected chi connectivity index (χ0v) is 13.0. The van der Waals surface area contributed by atoms with E-state index in [0.717, 1.165) is 30.9 Å². The minimum Gasteiger partial charge on any atom is -0.485 e. The molecule has 2 unspecified atom stereocenters. The highest BCUT2D eigenvalue weighted by atomic mass is 16.6. The lowest BCUT2D eigenvalue weighted by atomic mass is 10.1. The van der Waals surface area contributed by atoms with Crippen LogP contribution in [0.5, 0.6) is 11.5 Å². The van der Waals surface area contributed by atoms with Gasteiger partial charge in [0.2, 0.25) is 6.10 Å². The fraction of sp³-hybridized carbons (Fsp3) is 0.412. The topological polar surface area (TPSA) is 65.4 Å². The highest BCUT2D eigenvalue weighted by Crippen LogP contribution is 2.31. The van der Waals surface area contributed by atoms with Gasteiger partial charge in [0.05, 0.1) is 5.69 Å². The molecular formula is C17H19N3O3. The summed E-state index contributed by atoms with van der Waals surface area (Å²) in [7, 11) is 0. The molecule has 0 spiro atoms. The molecule has 1 N–H and O–H groups in total. The van der Waals surface area contributed by atoms with E-state index in [0.29, 0.717) is 11.5 Å². The van der Waals surface area contributed by atoms with Gasteiger partial charge >= 0.3 is 0 Å². The summed E-state index contributed by atoms with van der Waals surface area (Å²) in [5, 5.41) is 3.08. The van der Waals surface area contributed by atoms with Crippen molar-refractivity contribution < 1.29 is 14.3 Å². The summed E-state index contributed by atoms with van der Waals surface area (Å²) < 4.78 is 13.5. The van der Waals surface area contributed by atoms with Crippen LogP contribution in [0.15, 0.2) is 30.5 Å². The monoisotopic (exact) mass is 313 g/mol. The molecule has 2 aliphatic heterocycles. The molecule has 3 heterocycles. The second-order valence-corrected chi connectivity index (χ2v) is 6.06. The van der Waals surface area contributed by atoms with E-state index in [1.165, 1.54) is 0 Å². The molecule has 0 saturated heterocycles. The number of amides is 1. The van der Waals surface area contributed by atoms with Gasteiger partial charge in [-0.25, -0.2) is 4.98 Å². The number of hydrogen-bond acceptors (Lipinski definition) is 4. The molecule has 2 aliphatic rings. The Morgan fingerprint density at radius 1 is 1.35 bits per heavy atom. The van der Waals surface area contributed by atoms with E-state index in [9.17, 15) is 4.79 Å². The van der Waals surface area contributed by atoms with Gasteiger partial charge in [0.15, 0.2) is 11.5 Å². The first-order valence-corrected chi connectivity index (χ1v) is 7.90. The molecule has 0 saturated carbocycles. The number of carbonyl (C=O) groups is 1. The number of nitrogens with zero attached hydrogens (tertiary/aromatic N) is 2. The number of nitrogens with one attached hydrogen (secondary N) is 1. The van der Waals surface area contributed by atoms with E-state index in [4.69, 9.17) is 9.47 Å². The number of para-hydroxylation sites is 2. The Kier molecular flexibility index (Phi) is 3.44. The molecule has 0 radical (unpaired) electrons. The number of fused-ring (bicyclic) bond motifs is 2. The third-order valence-electron chi connectivity index (χ3n) is 4.26. The molecule has 1 amide bonds. The van der Waals surface area contributed by atoms with Gasteiger partial charge in [-0.2, -0.15) is 0 Å². The first-order valence-electron chi connectivity index (χ1n) is 7.90. The second-order valence-electron chi connectivity index (χ2n) is 6.06. The quantitative estimate of drug-likeness (QED) is 0.912. The zero-order valence-electron chi connectivity index (χ0n) is 13.0. The average Bonchev–Trinajstić information content (AvgIpc) is 2.93. The number of rotatable bonds is 2. The zero-order chi connectivity index (χ0) is 15.8. The molecule has 1 aromatic heterocycles. The highest BCUT2D eigenvalue weighted by molar-refractivity contribution is 5.82. The van der Waals surface area contributed by atoms with E-state index < -0.39 is 6.10 Å². The number of imidazole rings is 1. The predicted molar refractivity (Wildman–Crippen MR) is 83.6 cm³/mol. The minimum atomic E-state index is -0.601. The van der Waals surface area contributed by atoms with Crippen molar-refractivity contribution in [1.29, 1.82) is 0 Å². The van der Waals surface area contributed by atoms with Crippen molar-refractivity contribution in [2.75, 3.05) is 6.61 Å². The van der Waals surface area contributed by atoms with Crippen molar-refractivity contribution in [2.24, 2.45) is 0 Å². The van der Waals surface area contributed by atoms with Gasteiger partial charge in [0.25, 0.3) is 5.91 Å². The van der Waals surface area contributed by atoms with Crippen molar-refractivity contribution in [2.45, 2.75) is 38.5 Å². The normalized spacial score (nSPS) is 22.3. The van der Waals surface area contributed by atoms with Crippen LogP contribution < -0.4 is 14.8 Å². The lowest BCUT2D eigenvalue weighted by Gasteiger charge is -2.29. The van der Waals surface area contributed by atoms with Crippen LogP contribution in [0, 0.1) is 6.92 Å². The summed E-state index contributed by atoms with van der Waals surface area (Å²) in [6.45, 7) is 2.99. The van der Waals surface area contributed by atoms with E-state index in [-0.39, 0.29) is 18.6 Å². The van der Waals surface area contributed by atoms with E-state index in [1.807, 2.05) is 37.4 Å². The number of ether oxygens (including phenoxy) is 2. The Bertz CT molecular complexity index is 740. The van der Waals surface area contributed by atoms with E-state index >= 15 is 0 Å². The van der Waals surface area contributed by atoms with Gasteiger partial charge in [0, 0.05) is 25.2 Å². The van der Waals surface area contributed by atoms with Crippen LogP contribution in [-0.2, 0) is 17.8 Å². The van der Waals surface area contributed by atoms with Crippen molar-refractivity contribution in [3.63, 3.8) is 0 Å². The Hall–Kier alpha value is -2.50. The Morgan fingerprint density at radius 3 is 3.04 bits per heavy atom. The molecule has 120 valence electrons. The van der Waals surface area contributed by atoms with E-state index in [2.05, 4.69) is 14.9 Å². The Morgan fingerprint density at radius 2 is 2.17 bits per heavy atom. The van der Waals surface area contributed by atoms with Gasteiger partial charge in [0.1, 0.15) is 12.4 Å². The molecule has 4 rings (SSSR count). The van der Waals surface area contributed by atoms with Crippen LogP contribution in [0.25, 0.3) is 0 Å². The van der Waals surface area contributed by atoms with Crippen LogP contribution in [-0.4, -0.2) is 34.2 Å². The maximum Gasteiger partial charge on any atom is 0.264 e. The largest absolute Gasteiger partial charge is 0.485 e. The summed E-state index contributed by atoms with van der Waals surface area (Å²) in [4.78, 5) is 16.9. The van der Waals surface area contributed by atoms with Gasteiger partial charge in [-0.15, -0.1) is 0 Å². The number of carbonyl (C=O) groups excluding carboxylic acids is 1. The van der Waals surface area contributed by atoms with E-state index in [1.54, 1.807) is 0 Å². The Labute approximate surface area is 134 Å². The molecule has 2 atom stereocenters. The van der Waals surface area contributed by atoms with Crippen LogP contribution in [0.3, 0.4) is 0 Å². The molecule has 1 aromatic carbocycles. The minimum absolute atomic E-state index is 0.101. The van der Waals surface area contributed by atoms with Crippen LogP contribution in [0.4, 0.5) is 0 Å². The molecule has 2 aromatic rings. The predicted octanol–water partition coefficient (Wildman–Crippen LogP) is 1.46. The average molecular weight is 313 g/mol. The highest BCUT2D eigenvalue weighted by Gasteiger charge is 2.30. The summed E-state index contributed by atoms with van der Waals surface area (Å²) >= 11 is 0. The maximum absolute atomic E-state index is 12.5. The van der Waals surface area contributed by atoms with Crippen LogP contribution in [0.2, 0.25) is 0 Å². The number of benzene rings is 1. The van der Waals surface area contributed by atoms with Gasteiger partial charge in [-0.1, -0.05) is 12.1 Å². The third kappa shape index (κ3) is 2.76. The Balaban J connectivity index is 1.39. The van der Waals surface area contributed by atoms with Gasteiger partial charge < -0.3 is 19.4 Å². The summed E-state index contributed by atoms with van der Waals surface area (Å²) in [6.07, 6.45) is 3.20. The molecule has 0 aliphatic carbocycles.